The highest BCUT2D eigenvalue weighted by Crippen LogP contribution is 2.39. The molecule has 9 rings (SSSR count). The Hall–Kier alpha value is -6.35. The molecule has 5 amide bonds. The van der Waals surface area contributed by atoms with E-state index in [9.17, 15) is 34.2 Å². The number of hydrogen-bond donors (Lipinski definition) is 7. The minimum atomic E-state index is -1.17. The van der Waals surface area contributed by atoms with Gasteiger partial charge in [-0.05, 0) is 112 Å². The van der Waals surface area contributed by atoms with Crippen molar-refractivity contribution in [1.29, 1.82) is 0 Å². The van der Waals surface area contributed by atoms with E-state index in [1.807, 2.05) is 0 Å². The highest BCUT2D eigenvalue weighted by Gasteiger charge is 2.47. The first-order valence-electron chi connectivity index (χ1n) is 27.1. The van der Waals surface area contributed by atoms with E-state index >= 15 is 0 Å². The Morgan fingerprint density at radius 3 is 2.41 bits per heavy atom. The maximum atomic E-state index is 13.1. The van der Waals surface area contributed by atoms with Crippen molar-refractivity contribution in [2.24, 2.45) is 5.92 Å². The molecule has 3 aliphatic heterocycles. The first kappa shape index (κ1) is 53.5. The Kier molecular flexibility index (Phi) is 16.6. The predicted molar refractivity (Wildman–Crippen MR) is 283 cm³/mol. The number of anilines is 2. The van der Waals surface area contributed by atoms with Crippen LogP contribution in [0, 0.1) is 5.92 Å². The molecule has 75 heavy (non-hydrogen) atoms. The van der Waals surface area contributed by atoms with Gasteiger partial charge in [0.25, 0.3) is 11.8 Å². The van der Waals surface area contributed by atoms with Crippen molar-refractivity contribution < 1.29 is 38.9 Å². The van der Waals surface area contributed by atoms with Crippen molar-refractivity contribution in [2.45, 2.75) is 173 Å². The van der Waals surface area contributed by atoms with Gasteiger partial charge >= 0.3 is 0 Å². The number of nitrogens with zero attached hydrogens (tertiary/aromatic N) is 7. The van der Waals surface area contributed by atoms with Gasteiger partial charge < -0.3 is 35.9 Å². The number of amides is 5. The van der Waals surface area contributed by atoms with Crippen LogP contribution in [0.4, 0.5) is 11.5 Å². The van der Waals surface area contributed by atoms with Gasteiger partial charge in [0, 0.05) is 63.2 Å². The Labute approximate surface area is 437 Å². The number of aromatic nitrogens is 6. The molecule has 3 aromatic heterocycles. The van der Waals surface area contributed by atoms with Crippen molar-refractivity contribution >= 4 is 63.2 Å². The second kappa shape index (κ2) is 23.3. The van der Waals surface area contributed by atoms with E-state index in [2.05, 4.69) is 98.9 Å². The predicted octanol–water partition coefficient (Wildman–Crippen LogP) is 5.90. The fourth-order valence-corrected chi connectivity index (χ4v) is 11.0. The molecule has 3 fully saturated rings. The summed E-state index contributed by atoms with van der Waals surface area (Å²) in [7, 11) is 0. The Balaban J connectivity index is 0.636. The Bertz CT molecular complexity index is 2870. The number of nitrogens with one attached hydrogen (secondary N) is 5. The zero-order valence-electron chi connectivity index (χ0n) is 43.9. The van der Waals surface area contributed by atoms with Crippen LogP contribution < -0.4 is 21.3 Å². The molecule has 5 atom stereocenters. The van der Waals surface area contributed by atoms with Crippen LogP contribution in [0.25, 0.3) is 22.2 Å². The largest absolute Gasteiger partial charge is 0.387 e. The number of aliphatic hydroxyl groups excluding tert-OH is 2. The van der Waals surface area contributed by atoms with E-state index < -0.39 is 54.2 Å². The van der Waals surface area contributed by atoms with Crippen LogP contribution >= 0.6 is 0 Å². The summed E-state index contributed by atoms with van der Waals surface area (Å²) < 4.78 is 8.11. The average Bonchev–Trinajstić information content (AvgIpc) is 4.12. The van der Waals surface area contributed by atoms with Gasteiger partial charge in [0.2, 0.25) is 17.7 Å². The number of ether oxygens (including phenoxy) is 1. The molecule has 7 N–H and O–H groups in total. The molecule has 2 aromatic carbocycles. The second-order valence-corrected chi connectivity index (χ2v) is 22.2. The summed E-state index contributed by atoms with van der Waals surface area (Å²) in [5.74, 6) is 0.121. The lowest BCUT2D eigenvalue weighted by atomic mass is 9.76. The molecule has 4 aliphatic rings. The standard InChI is InChI=1S/C55H74N12O8/c1-32(2)65(36-25-33(26-36)14-20-43-62-39-18-15-34(55(3,4)5)27-40(39)63-43)29-42-47(70)48(71)54(75-42)66-31-61-46-49(59-30-60-50(46)66)58-24-12-11-23-57-44(68)13-9-7-6-8-10-22-56-35-16-17-37-38(28-35)53(74)67(52(37)73)41-19-21-45(69)64-51(41)72/h15-18,27-28,30-33,36,41-42,47-48,54,56,70-71H,6-14,19-26,29H2,1-5H3,(H,57,68)(H,62,63)(H,58,59,60)(H,64,69,72). The second-order valence-electron chi connectivity index (χ2n) is 22.2. The summed E-state index contributed by atoms with van der Waals surface area (Å²) in [6, 6.07) is 11.1. The van der Waals surface area contributed by atoms with Crippen LogP contribution in [0.5, 0.6) is 0 Å². The average molecular weight is 1030 g/mol. The van der Waals surface area contributed by atoms with E-state index in [0.29, 0.717) is 67.2 Å². The third kappa shape index (κ3) is 12.2. The molecule has 5 unspecified atom stereocenters. The number of imide groups is 2. The van der Waals surface area contributed by atoms with Crippen LogP contribution in [0.2, 0.25) is 0 Å². The summed E-state index contributed by atoms with van der Waals surface area (Å²) in [4.78, 5) is 87.8. The molecule has 20 nitrogen and oxygen atoms in total. The van der Waals surface area contributed by atoms with Gasteiger partial charge in [0.1, 0.15) is 36.5 Å². The van der Waals surface area contributed by atoms with E-state index in [0.717, 1.165) is 92.4 Å². The van der Waals surface area contributed by atoms with Gasteiger partial charge in [-0.3, -0.25) is 43.7 Å². The fourth-order valence-electron chi connectivity index (χ4n) is 11.0. The zero-order valence-corrected chi connectivity index (χ0v) is 43.9. The molecule has 6 heterocycles. The maximum Gasteiger partial charge on any atom is 0.262 e. The number of hydrogen-bond acceptors (Lipinski definition) is 15. The molecule has 402 valence electrons. The number of rotatable bonds is 24. The van der Waals surface area contributed by atoms with Crippen molar-refractivity contribution in [3.63, 3.8) is 0 Å². The minimum absolute atomic E-state index is 0.0339. The number of H-pyrrole nitrogens is 1. The lowest BCUT2D eigenvalue weighted by Crippen LogP contribution is -2.54. The molecule has 2 saturated heterocycles. The number of aliphatic hydroxyl groups is 2. The smallest absolute Gasteiger partial charge is 0.262 e. The number of carbonyl (C=O) groups is 5. The fraction of sp³-hybridized carbons (Fsp3) is 0.582. The van der Waals surface area contributed by atoms with Crippen LogP contribution in [0.15, 0.2) is 49.1 Å². The number of piperidine rings is 1. The van der Waals surface area contributed by atoms with Crippen LogP contribution in [-0.4, -0.2) is 142 Å². The first-order valence-corrected chi connectivity index (χ1v) is 27.1. The van der Waals surface area contributed by atoms with Crippen LogP contribution in [-0.2, 0) is 31.0 Å². The molecule has 20 heteroatoms. The normalized spacial score (nSPS) is 22.9. The van der Waals surface area contributed by atoms with Gasteiger partial charge in [0.15, 0.2) is 23.2 Å². The van der Waals surface area contributed by atoms with E-state index in [1.54, 1.807) is 29.1 Å². The lowest BCUT2D eigenvalue weighted by molar-refractivity contribution is -0.136. The number of fused-ring (bicyclic) bond motifs is 3. The number of benzene rings is 2. The summed E-state index contributed by atoms with van der Waals surface area (Å²) in [6.07, 6.45) is 10.2. The number of carbonyl (C=O) groups excluding carboxylic acids is 5. The number of unbranched alkanes of at least 4 members (excludes halogenated alkanes) is 5. The van der Waals surface area contributed by atoms with Crippen molar-refractivity contribution in [3.8, 4) is 0 Å². The summed E-state index contributed by atoms with van der Waals surface area (Å²) >= 11 is 0. The van der Waals surface area contributed by atoms with Gasteiger partial charge in [-0.15, -0.1) is 0 Å². The molecule has 0 bridgehead atoms. The monoisotopic (exact) mass is 1030 g/mol. The summed E-state index contributed by atoms with van der Waals surface area (Å²) in [5, 5.41) is 34.5. The SMILES string of the molecule is CC(C)N(CC1OC(n2cnc3c(NCCCCNC(=O)CCCCCCCNc4ccc5c(c4)C(=O)N(C4CCC(=O)NC4=O)C5=O)ncnc32)C(O)C1O)C1CC(CCc2nc3cc(C(C)(C)C)ccc3[nH]2)C1. The summed E-state index contributed by atoms with van der Waals surface area (Å²) in [5.41, 5.74) is 5.69. The molecule has 0 spiro atoms. The third-order valence-electron chi connectivity index (χ3n) is 15.5. The van der Waals surface area contributed by atoms with E-state index in [-0.39, 0.29) is 41.3 Å². The van der Waals surface area contributed by atoms with Gasteiger partial charge in [0.05, 0.1) is 28.5 Å². The number of imidazole rings is 2. The van der Waals surface area contributed by atoms with E-state index in [4.69, 9.17) is 9.72 Å². The van der Waals surface area contributed by atoms with Crippen molar-refractivity contribution in [2.75, 3.05) is 36.8 Å². The first-order chi connectivity index (χ1) is 36.0. The molecule has 1 saturated carbocycles. The molecule has 0 radical (unpaired) electrons. The highest BCUT2D eigenvalue weighted by molar-refractivity contribution is 6.23. The van der Waals surface area contributed by atoms with Gasteiger partial charge in [-0.25, -0.2) is 19.9 Å². The van der Waals surface area contributed by atoms with Crippen LogP contribution in [0.1, 0.15) is 156 Å². The maximum absolute atomic E-state index is 13.1. The highest BCUT2D eigenvalue weighted by atomic mass is 16.6. The Morgan fingerprint density at radius 2 is 1.63 bits per heavy atom. The van der Waals surface area contributed by atoms with Crippen molar-refractivity contribution in [3.05, 3.63) is 71.6 Å². The van der Waals surface area contributed by atoms with E-state index in [1.165, 1.54) is 11.9 Å². The Morgan fingerprint density at radius 1 is 0.880 bits per heavy atom. The number of aryl methyl sites for hydroxylation is 1. The van der Waals surface area contributed by atoms with Crippen LogP contribution in [0.3, 0.4) is 0 Å². The van der Waals surface area contributed by atoms with Crippen molar-refractivity contribution in [1.82, 2.24) is 49.9 Å². The molecule has 5 aromatic rings. The summed E-state index contributed by atoms with van der Waals surface area (Å²) in [6.45, 7) is 13.3. The molecular formula is C55H74N12O8. The third-order valence-corrected chi connectivity index (χ3v) is 15.5. The van der Waals surface area contributed by atoms with Gasteiger partial charge in [-0.2, -0.15) is 0 Å². The molecular weight excluding hydrogens is 957 g/mol. The zero-order chi connectivity index (χ0) is 53.0. The molecule has 1 aliphatic carbocycles. The topological polar surface area (TPSA) is 262 Å². The number of aromatic amines is 1. The quantitative estimate of drug-likeness (QED) is 0.0280. The lowest BCUT2D eigenvalue weighted by Gasteiger charge is -2.46. The minimum Gasteiger partial charge on any atom is -0.387 e. The van der Waals surface area contributed by atoms with Gasteiger partial charge in [-0.1, -0.05) is 46.1 Å².